The molecule has 0 radical (unpaired) electrons. The van der Waals surface area contributed by atoms with Gasteiger partial charge < -0.3 is 14.6 Å². The molecule has 5 nitrogen and oxygen atoms in total. The lowest BCUT2D eigenvalue weighted by molar-refractivity contribution is 0.0738. The Hall–Kier alpha value is -2.82. The van der Waals surface area contributed by atoms with Crippen LogP contribution in [-0.2, 0) is 6.54 Å². The molecule has 5 heteroatoms. The van der Waals surface area contributed by atoms with Gasteiger partial charge in [0.25, 0.3) is 5.91 Å². The Morgan fingerprint density at radius 3 is 2.72 bits per heavy atom. The van der Waals surface area contributed by atoms with Crippen LogP contribution in [0.3, 0.4) is 0 Å². The SMILES string of the molecule is COc1cccc2c(C(=O)NC3C4(C)CC[C@H](C4)C3(C)C)c(C)n(Cc3cccnc3)c12. The molecule has 3 aromatic rings. The fraction of sp³-hybridized carbons (Fsp3) is 0.481. The number of hydrogen-bond donors (Lipinski definition) is 1. The molecule has 2 aliphatic carbocycles. The van der Waals surface area contributed by atoms with Crippen LogP contribution in [0.1, 0.15) is 61.6 Å². The van der Waals surface area contributed by atoms with Gasteiger partial charge in [0.15, 0.2) is 0 Å². The Bertz CT molecular complexity index is 1180. The molecule has 2 saturated carbocycles. The number of carbonyl (C=O) groups is 1. The molecule has 2 aromatic heterocycles. The molecular weight excluding hydrogens is 398 g/mol. The highest BCUT2D eigenvalue weighted by molar-refractivity contribution is 6.10. The van der Waals surface area contributed by atoms with Gasteiger partial charge in [-0.25, -0.2) is 0 Å². The van der Waals surface area contributed by atoms with Crippen molar-refractivity contribution in [3.05, 3.63) is 59.5 Å². The van der Waals surface area contributed by atoms with E-state index in [-0.39, 0.29) is 22.8 Å². The number of aromatic nitrogens is 2. The van der Waals surface area contributed by atoms with Crippen LogP contribution < -0.4 is 10.1 Å². The molecule has 2 heterocycles. The average molecular weight is 432 g/mol. The molecule has 2 bridgehead atoms. The lowest BCUT2D eigenvalue weighted by Crippen LogP contribution is -2.52. The van der Waals surface area contributed by atoms with Crippen LogP contribution in [0.4, 0.5) is 0 Å². The molecule has 3 atom stereocenters. The third-order valence-electron chi connectivity index (χ3n) is 8.36. The fourth-order valence-electron chi connectivity index (χ4n) is 6.69. The Kier molecular flexibility index (Phi) is 4.84. The van der Waals surface area contributed by atoms with Crippen molar-refractivity contribution in [3.63, 3.8) is 0 Å². The third-order valence-corrected chi connectivity index (χ3v) is 8.36. The number of rotatable bonds is 5. The zero-order valence-corrected chi connectivity index (χ0v) is 19.7. The van der Waals surface area contributed by atoms with Crippen LogP contribution in [0.25, 0.3) is 10.9 Å². The van der Waals surface area contributed by atoms with Gasteiger partial charge in [-0.3, -0.25) is 9.78 Å². The molecular formula is C27H33N3O2. The van der Waals surface area contributed by atoms with E-state index in [0.717, 1.165) is 33.5 Å². The monoisotopic (exact) mass is 431 g/mol. The molecule has 1 aromatic carbocycles. The van der Waals surface area contributed by atoms with Crippen LogP contribution in [0.15, 0.2) is 42.7 Å². The number of amides is 1. The van der Waals surface area contributed by atoms with Crippen molar-refractivity contribution < 1.29 is 9.53 Å². The predicted molar refractivity (Wildman–Crippen MR) is 127 cm³/mol. The fourth-order valence-corrected chi connectivity index (χ4v) is 6.69. The van der Waals surface area contributed by atoms with Crippen molar-refractivity contribution in [1.82, 2.24) is 14.9 Å². The zero-order chi connectivity index (χ0) is 22.7. The first kappa shape index (κ1) is 21.0. The lowest BCUT2D eigenvalue weighted by atomic mass is 9.68. The second kappa shape index (κ2) is 7.36. The van der Waals surface area contributed by atoms with E-state index in [2.05, 4.69) is 41.7 Å². The Morgan fingerprint density at radius 2 is 2.06 bits per heavy atom. The van der Waals surface area contributed by atoms with E-state index >= 15 is 0 Å². The largest absolute Gasteiger partial charge is 0.495 e. The summed E-state index contributed by atoms with van der Waals surface area (Å²) in [6, 6.07) is 10.2. The van der Waals surface area contributed by atoms with E-state index in [1.807, 2.05) is 37.4 Å². The Labute approximate surface area is 190 Å². The van der Waals surface area contributed by atoms with E-state index in [9.17, 15) is 4.79 Å². The van der Waals surface area contributed by atoms with E-state index in [1.54, 1.807) is 13.3 Å². The summed E-state index contributed by atoms with van der Waals surface area (Å²) in [4.78, 5) is 18.1. The molecule has 2 fully saturated rings. The number of nitrogens with one attached hydrogen (secondary N) is 1. The van der Waals surface area contributed by atoms with Crippen molar-refractivity contribution in [1.29, 1.82) is 0 Å². The average Bonchev–Trinajstić information content (AvgIpc) is 3.36. The highest BCUT2D eigenvalue weighted by atomic mass is 16.5. The molecule has 1 N–H and O–H groups in total. The molecule has 0 spiro atoms. The number of hydrogen-bond acceptors (Lipinski definition) is 3. The molecule has 2 unspecified atom stereocenters. The number of fused-ring (bicyclic) bond motifs is 3. The topological polar surface area (TPSA) is 56.1 Å². The number of benzene rings is 1. The maximum Gasteiger partial charge on any atom is 0.253 e. The Morgan fingerprint density at radius 1 is 1.25 bits per heavy atom. The molecule has 2 aliphatic rings. The normalized spacial score (nSPS) is 25.9. The summed E-state index contributed by atoms with van der Waals surface area (Å²) in [6.07, 6.45) is 7.33. The molecule has 1 amide bonds. The standard InChI is InChI=1S/C27H33N3O2/c1-17-22(24(31)29-25-26(2,3)19-11-12-27(25,4)14-19)20-9-6-10-21(32-5)23(20)30(17)16-18-8-7-13-28-15-18/h6-10,13,15,19,25H,11-12,14,16H2,1-5H3,(H,29,31)/t19-,25?,27?/m1/s1. The van der Waals surface area contributed by atoms with Crippen molar-refractivity contribution in [2.45, 2.75) is 59.5 Å². The highest BCUT2D eigenvalue weighted by Crippen LogP contribution is 2.62. The van der Waals surface area contributed by atoms with Gasteiger partial charge in [-0.2, -0.15) is 0 Å². The van der Waals surface area contributed by atoms with Gasteiger partial charge in [0.1, 0.15) is 5.75 Å². The number of methoxy groups -OCH3 is 1. The highest BCUT2D eigenvalue weighted by Gasteiger charge is 2.59. The quantitative estimate of drug-likeness (QED) is 0.593. The summed E-state index contributed by atoms with van der Waals surface area (Å²) in [5.74, 6) is 1.49. The summed E-state index contributed by atoms with van der Waals surface area (Å²) in [5, 5.41) is 4.44. The van der Waals surface area contributed by atoms with Crippen molar-refractivity contribution in [2.75, 3.05) is 7.11 Å². The number of carbonyl (C=O) groups excluding carboxylic acids is 1. The van der Waals surface area contributed by atoms with Crippen molar-refractivity contribution in [2.24, 2.45) is 16.7 Å². The summed E-state index contributed by atoms with van der Waals surface area (Å²) in [5.41, 5.74) is 4.06. The zero-order valence-electron chi connectivity index (χ0n) is 19.7. The number of ether oxygens (including phenoxy) is 1. The van der Waals surface area contributed by atoms with Crippen LogP contribution in [-0.4, -0.2) is 28.6 Å². The first-order valence-corrected chi connectivity index (χ1v) is 11.6. The minimum atomic E-state index is 0.0255. The number of para-hydroxylation sites is 1. The molecule has 5 rings (SSSR count). The minimum Gasteiger partial charge on any atom is -0.495 e. The number of nitrogens with zero attached hydrogens (tertiary/aromatic N) is 2. The van der Waals surface area contributed by atoms with Crippen LogP contribution in [0.2, 0.25) is 0 Å². The summed E-state index contributed by atoms with van der Waals surface area (Å²) in [7, 11) is 1.68. The lowest BCUT2D eigenvalue weighted by Gasteiger charge is -2.43. The second-order valence-corrected chi connectivity index (χ2v) is 10.6. The van der Waals surface area contributed by atoms with E-state index in [4.69, 9.17) is 4.74 Å². The smallest absolute Gasteiger partial charge is 0.253 e. The van der Waals surface area contributed by atoms with Crippen LogP contribution >= 0.6 is 0 Å². The third kappa shape index (κ3) is 3.05. The molecule has 32 heavy (non-hydrogen) atoms. The van der Waals surface area contributed by atoms with Crippen LogP contribution in [0.5, 0.6) is 5.75 Å². The van der Waals surface area contributed by atoms with Gasteiger partial charge in [0.2, 0.25) is 0 Å². The van der Waals surface area contributed by atoms with Gasteiger partial charge in [0.05, 0.1) is 18.2 Å². The van der Waals surface area contributed by atoms with Crippen molar-refractivity contribution >= 4 is 16.8 Å². The van der Waals surface area contributed by atoms with Gasteiger partial charge >= 0.3 is 0 Å². The van der Waals surface area contributed by atoms with Crippen LogP contribution in [0, 0.1) is 23.7 Å². The van der Waals surface area contributed by atoms with Gasteiger partial charge in [-0.1, -0.05) is 39.0 Å². The summed E-state index contributed by atoms with van der Waals surface area (Å²) < 4.78 is 7.90. The summed E-state index contributed by atoms with van der Waals surface area (Å²) in [6.45, 7) is 9.69. The summed E-state index contributed by atoms with van der Waals surface area (Å²) >= 11 is 0. The van der Waals surface area contributed by atoms with Crippen molar-refractivity contribution in [3.8, 4) is 5.75 Å². The molecule has 0 saturated heterocycles. The molecule has 0 aliphatic heterocycles. The minimum absolute atomic E-state index is 0.0255. The first-order valence-electron chi connectivity index (χ1n) is 11.6. The predicted octanol–water partition coefficient (Wildman–Crippen LogP) is 5.35. The van der Waals surface area contributed by atoms with E-state index < -0.39 is 0 Å². The maximum atomic E-state index is 13.8. The van der Waals surface area contributed by atoms with Gasteiger partial charge in [-0.05, 0) is 60.6 Å². The Balaban J connectivity index is 1.58. The van der Waals surface area contributed by atoms with E-state index in [0.29, 0.717) is 12.5 Å². The second-order valence-electron chi connectivity index (χ2n) is 10.6. The van der Waals surface area contributed by atoms with E-state index in [1.165, 1.54) is 19.3 Å². The first-order chi connectivity index (χ1) is 15.3. The van der Waals surface area contributed by atoms with Gasteiger partial charge in [0, 0.05) is 36.1 Å². The molecule has 168 valence electrons. The number of pyridine rings is 1. The maximum absolute atomic E-state index is 13.8. The van der Waals surface area contributed by atoms with Gasteiger partial charge in [-0.15, -0.1) is 0 Å².